The average molecular weight is 286 g/mol. The van der Waals surface area contributed by atoms with Gasteiger partial charge in [-0.1, -0.05) is 30.3 Å². The maximum absolute atomic E-state index is 12.7. The third-order valence-electron chi connectivity index (χ3n) is 3.13. The highest BCUT2D eigenvalue weighted by Gasteiger charge is 2.23. The first-order chi connectivity index (χ1) is 10.1. The summed E-state index contributed by atoms with van der Waals surface area (Å²) in [4.78, 5) is 24.2. The van der Waals surface area contributed by atoms with E-state index in [4.69, 9.17) is 5.73 Å². The van der Waals surface area contributed by atoms with Crippen LogP contribution in [0.4, 0.5) is 5.69 Å². The molecule has 110 valence electrons. The zero-order valence-corrected chi connectivity index (χ0v) is 12.1. The van der Waals surface area contributed by atoms with Gasteiger partial charge in [0.05, 0.1) is 17.9 Å². The van der Waals surface area contributed by atoms with Gasteiger partial charge < -0.3 is 11.1 Å². The van der Waals surface area contributed by atoms with Crippen molar-refractivity contribution in [2.45, 2.75) is 20.4 Å². The van der Waals surface area contributed by atoms with Gasteiger partial charge in [0.2, 0.25) is 11.7 Å². The molecule has 0 aliphatic carbocycles. The quantitative estimate of drug-likeness (QED) is 0.812. The van der Waals surface area contributed by atoms with E-state index in [-0.39, 0.29) is 18.2 Å². The van der Waals surface area contributed by atoms with Crippen LogP contribution in [0.25, 0.3) is 0 Å². The number of rotatable bonds is 5. The Hall–Kier alpha value is -2.47. The van der Waals surface area contributed by atoms with Crippen molar-refractivity contribution in [3.8, 4) is 0 Å². The van der Waals surface area contributed by atoms with E-state index in [1.54, 1.807) is 35.9 Å². The third kappa shape index (κ3) is 3.00. The normalized spacial score (nSPS) is 10.4. The van der Waals surface area contributed by atoms with E-state index in [0.717, 1.165) is 0 Å². The molecule has 0 saturated heterocycles. The van der Waals surface area contributed by atoms with E-state index >= 15 is 0 Å². The molecule has 0 spiro atoms. The van der Waals surface area contributed by atoms with Gasteiger partial charge in [0.1, 0.15) is 5.69 Å². The second kappa shape index (κ2) is 6.32. The molecule has 2 aromatic rings. The van der Waals surface area contributed by atoms with Crippen molar-refractivity contribution in [2.24, 2.45) is 5.73 Å². The Morgan fingerprint density at radius 1 is 1.29 bits per heavy atom. The third-order valence-corrected chi connectivity index (χ3v) is 3.13. The fourth-order valence-electron chi connectivity index (χ4n) is 2.11. The number of amides is 1. The number of hydrogen-bond acceptors (Lipinski definition) is 4. The van der Waals surface area contributed by atoms with Crippen LogP contribution in [-0.2, 0) is 11.3 Å². The summed E-state index contributed by atoms with van der Waals surface area (Å²) in [7, 11) is 0. The van der Waals surface area contributed by atoms with Crippen molar-refractivity contribution in [1.82, 2.24) is 9.78 Å². The van der Waals surface area contributed by atoms with Crippen molar-refractivity contribution < 1.29 is 9.59 Å². The lowest BCUT2D eigenvalue weighted by Gasteiger charge is -2.08. The zero-order chi connectivity index (χ0) is 15.4. The lowest BCUT2D eigenvalue weighted by molar-refractivity contribution is -0.114. The summed E-state index contributed by atoms with van der Waals surface area (Å²) in [5, 5.41) is 6.97. The van der Waals surface area contributed by atoms with Gasteiger partial charge in [0, 0.05) is 12.1 Å². The molecule has 6 nitrogen and oxygen atoms in total. The topological polar surface area (TPSA) is 90.0 Å². The fourth-order valence-corrected chi connectivity index (χ4v) is 2.11. The Morgan fingerprint density at radius 2 is 1.95 bits per heavy atom. The van der Waals surface area contributed by atoms with Gasteiger partial charge in [-0.3, -0.25) is 14.3 Å². The molecule has 0 saturated carbocycles. The van der Waals surface area contributed by atoms with E-state index in [2.05, 4.69) is 10.4 Å². The van der Waals surface area contributed by atoms with Crippen LogP contribution in [0.1, 0.15) is 28.7 Å². The number of carbonyl (C=O) groups excluding carboxylic acids is 2. The van der Waals surface area contributed by atoms with Crippen LogP contribution in [-0.4, -0.2) is 28.0 Å². The van der Waals surface area contributed by atoms with Gasteiger partial charge in [-0.2, -0.15) is 5.10 Å². The number of carbonyl (C=O) groups is 2. The molecule has 1 amide bonds. The molecule has 0 unspecified atom stereocenters. The number of nitrogens with two attached hydrogens (primary N) is 1. The molecule has 0 atom stereocenters. The number of anilines is 1. The van der Waals surface area contributed by atoms with E-state index in [9.17, 15) is 9.59 Å². The maximum atomic E-state index is 12.7. The Kier molecular flexibility index (Phi) is 4.49. The molecule has 6 heteroatoms. The minimum atomic E-state index is -0.351. The van der Waals surface area contributed by atoms with Crippen molar-refractivity contribution in [3.63, 3.8) is 0 Å². The summed E-state index contributed by atoms with van der Waals surface area (Å²) in [5.74, 6) is -0.527. The summed E-state index contributed by atoms with van der Waals surface area (Å²) in [6.07, 6.45) is 0. The molecule has 3 N–H and O–H groups in total. The predicted octanol–water partition coefficient (Wildman–Crippen LogP) is 1.34. The smallest absolute Gasteiger partial charge is 0.238 e. The predicted molar refractivity (Wildman–Crippen MR) is 80.2 cm³/mol. The van der Waals surface area contributed by atoms with Crippen LogP contribution in [0, 0.1) is 6.92 Å². The number of hydrogen-bond donors (Lipinski definition) is 2. The maximum Gasteiger partial charge on any atom is 0.238 e. The van der Waals surface area contributed by atoms with E-state index in [1.165, 1.54) is 0 Å². The molecule has 0 aliphatic heterocycles. The zero-order valence-electron chi connectivity index (χ0n) is 12.1. The van der Waals surface area contributed by atoms with Crippen molar-refractivity contribution in [2.75, 3.05) is 11.9 Å². The standard InChI is InChI=1S/C15H18N4O2/c1-3-19-14(15(21)11-7-5-4-6-8-11)13(10(2)18-19)17-12(20)9-16/h4-8H,3,9,16H2,1-2H3,(H,17,20). The van der Waals surface area contributed by atoms with E-state index in [0.29, 0.717) is 29.2 Å². The lowest BCUT2D eigenvalue weighted by Crippen LogP contribution is -2.23. The second-order valence-corrected chi connectivity index (χ2v) is 4.57. The highest BCUT2D eigenvalue weighted by molar-refractivity contribution is 6.13. The fraction of sp³-hybridized carbons (Fsp3) is 0.267. The van der Waals surface area contributed by atoms with Gasteiger partial charge >= 0.3 is 0 Å². The van der Waals surface area contributed by atoms with Gasteiger partial charge in [0.25, 0.3) is 0 Å². The number of ketones is 1. The minimum absolute atomic E-state index is 0.143. The Labute approximate surface area is 122 Å². The summed E-state index contributed by atoms with van der Waals surface area (Å²) in [5.41, 5.74) is 7.28. The van der Waals surface area contributed by atoms with Crippen LogP contribution in [0.3, 0.4) is 0 Å². The second-order valence-electron chi connectivity index (χ2n) is 4.57. The van der Waals surface area contributed by atoms with Crippen LogP contribution >= 0.6 is 0 Å². The van der Waals surface area contributed by atoms with Crippen LogP contribution < -0.4 is 11.1 Å². The Morgan fingerprint density at radius 3 is 2.52 bits per heavy atom. The number of aryl methyl sites for hydroxylation is 2. The van der Waals surface area contributed by atoms with Crippen LogP contribution in [0.15, 0.2) is 30.3 Å². The number of nitrogens with zero attached hydrogens (tertiary/aromatic N) is 2. The van der Waals surface area contributed by atoms with Crippen molar-refractivity contribution >= 4 is 17.4 Å². The number of benzene rings is 1. The first-order valence-corrected chi connectivity index (χ1v) is 6.75. The first kappa shape index (κ1) is 14.9. The highest BCUT2D eigenvalue weighted by Crippen LogP contribution is 2.23. The molecule has 0 bridgehead atoms. The summed E-state index contributed by atoms with van der Waals surface area (Å²) < 4.78 is 1.59. The SMILES string of the molecule is CCn1nc(C)c(NC(=O)CN)c1C(=O)c1ccccc1. The number of nitrogens with one attached hydrogen (secondary N) is 1. The minimum Gasteiger partial charge on any atom is -0.322 e. The first-order valence-electron chi connectivity index (χ1n) is 6.75. The monoisotopic (exact) mass is 286 g/mol. The molecular formula is C15H18N4O2. The van der Waals surface area contributed by atoms with Gasteiger partial charge in [-0.25, -0.2) is 0 Å². The molecule has 0 radical (unpaired) electrons. The average Bonchev–Trinajstić information content (AvgIpc) is 2.83. The Balaban J connectivity index is 2.50. The van der Waals surface area contributed by atoms with Crippen LogP contribution in [0.2, 0.25) is 0 Å². The van der Waals surface area contributed by atoms with Crippen molar-refractivity contribution in [3.05, 3.63) is 47.3 Å². The Bertz CT molecular complexity index is 662. The van der Waals surface area contributed by atoms with E-state index in [1.807, 2.05) is 13.0 Å². The molecule has 21 heavy (non-hydrogen) atoms. The number of aromatic nitrogens is 2. The van der Waals surface area contributed by atoms with Gasteiger partial charge in [0.15, 0.2) is 0 Å². The molecule has 0 aliphatic rings. The summed E-state index contributed by atoms with van der Waals surface area (Å²) in [6, 6.07) is 8.91. The highest BCUT2D eigenvalue weighted by atomic mass is 16.2. The van der Waals surface area contributed by atoms with Crippen molar-refractivity contribution in [1.29, 1.82) is 0 Å². The lowest BCUT2D eigenvalue weighted by atomic mass is 10.1. The molecule has 1 aromatic carbocycles. The molecule has 0 fully saturated rings. The van der Waals surface area contributed by atoms with Gasteiger partial charge in [-0.15, -0.1) is 0 Å². The summed E-state index contributed by atoms with van der Waals surface area (Å²) >= 11 is 0. The van der Waals surface area contributed by atoms with E-state index < -0.39 is 0 Å². The van der Waals surface area contributed by atoms with Gasteiger partial charge in [-0.05, 0) is 13.8 Å². The molecule has 2 rings (SSSR count). The summed E-state index contributed by atoms with van der Waals surface area (Å²) in [6.45, 7) is 4.03. The molecule has 1 heterocycles. The van der Waals surface area contributed by atoms with Crippen LogP contribution in [0.5, 0.6) is 0 Å². The molecular weight excluding hydrogens is 268 g/mol. The largest absolute Gasteiger partial charge is 0.322 e. The molecule has 1 aromatic heterocycles.